The van der Waals surface area contributed by atoms with Crippen LogP contribution in [0.15, 0.2) is 9.52 Å². The van der Waals surface area contributed by atoms with Crippen LogP contribution in [0.3, 0.4) is 0 Å². The molecule has 0 aliphatic heterocycles. The van der Waals surface area contributed by atoms with Crippen molar-refractivity contribution in [1.82, 2.24) is 19.6 Å². The van der Waals surface area contributed by atoms with Crippen molar-refractivity contribution >= 4 is 28.0 Å². The van der Waals surface area contributed by atoms with Crippen molar-refractivity contribution in [3.8, 4) is 0 Å². The van der Waals surface area contributed by atoms with E-state index >= 15 is 0 Å². The molecule has 0 saturated carbocycles. The van der Waals surface area contributed by atoms with Crippen LogP contribution in [-0.2, 0) is 19.8 Å². The molecule has 1 aromatic heterocycles. The Morgan fingerprint density at radius 2 is 1.87 bits per heavy atom. The van der Waals surface area contributed by atoms with Crippen LogP contribution in [0.4, 0.5) is 0 Å². The predicted molar refractivity (Wildman–Crippen MR) is 106 cm³/mol. The number of aliphatic carboxylic acids is 1. The van der Waals surface area contributed by atoms with E-state index in [0.29, 0.717) is 19.4 Å². The van der Waals surface area contributed by atoms with Crippen LogP contribution in [0, 0.1) is 0 Å². The molecule has 0 aliphatic rings. The van der Waals surface area contributed by atoms with Crippen LogP contribution in [0.2, 0.25) is 0 Å². The molecule has 3 atom stereocenters. The van der Waals surface area contributed by atoms with Crippen molar-refractivity contribution in [2.24, 2.45) is 27.9 Å². The first-order chi connectivity index (χ1) is 14.4. The van der Waals surface area contributed by atoms with Crippen LogP contribution < -0.4 is 32.4 Å². The molecule has 0 unspecified atom stereocenters. The van der Waals surface area contributed by atoms with Gasteiger partial charge in [-0.2, -0.15) is 22.8 Å². The normalized spacial score (nSPS) is 14.5. The molecule has 31 heavy (non-hydrogen) atoms. The number of rotatable bonds is 15. The largest absolute Gasteiger partial charge is 0.480 e. The van der Waals surface area contributed by atoms with Crippen LogP contribution in [0.5, 0.6) is 0 Å². The molecule has 1 heterocycles. The maximum atomic E-state index is 12.2. The van der Waals surface area contributed by atoms with Crippen molar-refractivity contribution in [3.05, 3.63) is 11.7 Å². The van der Waals surface area contributed by atoms with Gasteiger partial charge in [-0.05, 0) is 19.3 Å². The summed E-state index contributed by atoms with van der Waals surface area (Å²) in [6, 6.07) is -3.66. The lowest BCUT2D eigenvalue weighted by Gasteiger charge is -2.17. The number of nitrogens with one attached hydrogen (secondary N) is 2. The summed E-state index contributed by atoms with van der Waals surface area (Å²) in [5, 5.41) is 21.6. The molecule has 17 heteroatoms. The molecule has 0 spiro atoms. The van der Waals surface area contributed by atoms with E-state index in [9.17, 15) is 18.0 Å². The fraction of sp³-hybridized carbons (Fsp3) is 0.643. The van der Waals surface area contributed by atoms with E-state index in [2.05, 4.69) is 19.9 Å². The molecule has 176 valence electrons. The number of nitrogens with zero attached hydrogens (tertiary/aromatic N) is 3. The minimum Gasteiger partial charge on any atom is -0.480 e. The van der Waals surface area contributed by atoms with Gasteiger partial charge < -0.3 is 37.7 Å². The number of hydrogen-bond donors (Lipinski definition) is 8. The number of aliphatic imine (C=N–C) groups is 1. The number of primary amides is 1. The third-order valence-electron chi connectivity index (χ3n) is 3.81. The first-order valence-electron chi connectivity index (χ1n) is 9.01. The summed E-state index contributed by atoms with van der Waals surface area (Å²) >= 11 is 0. The summed E-state index contributed by atoms with van der Waals surface area (Å²) in [4.78, 5) is 29.9. The van der Waals surface area contributed by atoms with E-state index < -0.39 is 46.8 Å². The molecule has 0 bridgehead atoms. The number of aromatic nitrogens is 2. The van der Waals surface area contributed by atoms with E-state index in [1.807, 2.05) is 0 Å². The fourth-order valence-electron chi connectivity index (χ4n) is 2.28. The first kappa shape index (κ1) is 26.2. The number of amides is 1. The minimum atomic E-state index is -4.46. The maximum Gasteiger partial charge on any atom is 0.324 e. The van der Waals surface area contributed by atoms with Gasteiger partial charge in [0.25, 0.3) is 10.2 Å². The topological polar surface area (TPSA) is 288 Å². The second-order valence-electron chi connectivity index (χ2n) is 6.42. The molecule has 1 amide bonds. The number of carboxylic acids is 1. The minimum absolute atomic E-state index is 0.0556. The first-order valence-corrected chi connectivity index (χ1v) is 10.5. The number of carbonyl (C=O) groups is 2. The van der Waals surface area contributed by atoms with Crippen LogP contribution >= 0.6 is 0 Å². The Bertz CT molecular complexity index is 869. The van der Waals surface area contributed by atoms with E-state index in [0.717, 1.165) is 0 Å². The lowest BCUT2D eigenvalue weighted by atomic mass is 10.1. The number of hydrogen-bond acceptors (Lipinski definition) is 10. The smallest absolute Gasteiger partial charge is 0.324 e. The number of guanidine groups is 1. The van der Waals surface area contributed by atoms with Crippen molar-refractivity contribution in [2.45, 2.75) is 43.8 Å². The Kier molecular flexibility index (Phi) is 10.2. The van der Waals surface area contributed by atoms with Crippen LogP contribution in [0.25, 0.3) is 0 Å². The zero-order valence-electron chi connectivity index (χ0n) is 16.5. The van der Waals surface area contributed by atoms with Gasteiger partial charge in [0, 0.05) is 13.0 Å². The summed E-state index contributed by atoms with van der Waals surface area (Å²) in [5.41, 5.74) is 21.5. The highest BCUT2D eigenvalue weighted by Crippen LogP contribution is 2.20. The standard InChI is InChI=1S/C14H27N9O7S/c15-7(2-1-5-19-14(17)18)11-20-12(30-21-11)8(3-4-10(16)25)22-31(28,29)23-9(6-24)13(26)27/h7-9,22-24H,1-6,15H2,(H2,16,25)(H,26,27)(H4,17,18,19)/t7-,8-,9-/m0/s1. The summed E-state index contributed by atoms with van der Waals surface area (Å²) in [6.45, 7) is -0.648. The van der Waals surface area contributed by atoms with E-state index in [1.165, 1.54) is 0 Å². The quantitative estimate of drug-likeness (QED) is 0.0705. The van der Waals surface area contributed by atoms with Gasteiger partial charge in [-0.3, -0.25) is 14.6 Å². The third kappa shape index (κ3) is 9.66. The Morgan fingerprint density at radius 1 is 1.19 bits per heavy atom. The highest BCUT2D eigenvalue weighted by Gasteiger charge is 2.29. The maximum absolute atomic E-state index is 12.2. The van der Waals surface area contributed by atoms with Crippen LogP contribution in [-0.4, -0.2) is 65.8 Å². The van der Waals surface area contributed by atoms with Crippen molar-refractivity contribution in [3.63, 3.8) is 0 Å². The second kappa shape index (κ2) is 12.1. The zero-order chi connectivity index (χ0) is 23.6. The van der Waals surface area contributed by atoms with Gasteiger partial charge in [-0.25, -0.2) is 0 Å². The summed E-state index contributed by atoms with van der Waals surface area (Å²) in [7, 11) is -4.46. The number of aliphatic hydroxyl groups is 1. The highest BCUT2D eigenvalue weighted by atomic mass is 32.2. The van der Waals surface area contributed by atoms with Gasteiger partial charge >= 0.3 is 5.97 Å². The molecule has 0 aromatic carbocycles. The van der Waals surface area contributed by atoms with Gasteiger partial charge in [0.1, 0.15) is 12.1 Å². The molecule has 16 nitrogen and oxygen atoms in total. The van der Waals surface area contributed by atoms with Gasteiger partial charge in [0.05, 0.1) is 12.6 Å². The van der Waals surface area contributed by atoms with Crippen molar-refractivity contribution in [2.75, 3.05) is 13.2 Å². The number of carboxylic acid groups (broad SMARTS) is 1. The predicted octanol–water partition coefficient (Wildman–Crippen LogP) is -3.70. The molecule has 12 N–H and O–H groups in total. The SMILES string of the molecule is NC(=O)CC[C@H](NS(=O)(=O)N[C@@H](CO)C(=O)O)c1nc([C@@H](N)CCCN=C(N)N)no1. The second-order valence-corrected chi connectivity index (χ2v) is 7.89. The molecule has 0 fully saturated rings. The Hall–Kier alpha value is -2.86. The fourth-order valence-corrected chi connectivity index (χ4v) is 3.49. The Morgan fingerprint density at radius 3 is 2.42 bits per heavy atom. The van der Waals surface area contributed by atoms with E-state index in [4.69, 9.17) is 37.7 Å². The zero-order valence-corrected chi connectivity index (χ0v) is 17.3. The van der Waals surface area contributed by atoms with Gasteiger partial charge in [-0.1, -0.05) is 5.16 Å². The Labute approximate surface area is 177 Å². The number of carbonyl (C=O) groups excluding carboxylic acids is 1. The lowest BCUT2D eigenvalue weighted by molar-refractivity contribution is -0.139. The summed E-state index contributed by atoms with van der Waals surface area (Å²) in [5.74, 6) is -2.49. The monoisotopic (exact) mass is 465 g/mol. The lowest BCUT2D eigenvalue weighted by Crippen LogP contribution is -2.49. The summed E-state index contributed by atoms with van der Waals surface area (Å²) in [6.07, 6.45) is 0.514. The average molecular weight is 465 g/mol. The average Bonchev–Trinajstić information content (AvgIpc) is 3.16. The molecule has 1 rings (SSSR count). The molecular weight excluding hydrogens is 438 g/mol. The van der Waals surface area contributed by atoms with E-state index in [1.54, 1.807) is 4.72 Å². The van der Waals surface area contributed by atoms with Crippen molar-refractivity contribution < 1.29 is 32.7 Å². The van der Waals surface area contributed by atoms with Crippen LogP contribution in [0.1, 0.15) is 49.5 Å². The summed E-state index contributed by atoms with van der Waals surface area (Å²) < 4.78 is 33.4. The third-order valence-corrected chi connectivity index (χ3v) is 5.00. The van der Waals surface area contributed by atoms with Gasteiger partial charge in [0.2, 0.25) is 11.8 Å². The molecule has 1 aromatic rings. The molecule has 0 aliphatic carbocycles. The number of aliphatic hydroxyl groups excluding tert-OH is 1. The van der Waals surface area contributed by atoms with Gasteiger partial charge in [0.15, 0.2) is 11.8 Å². The van der Waals surface area contributed by atoms with E-state index in [-0.39, 0.29) is 30.5 Å². The molecule has 0 radical (unpaired) electrons. The number of nitrogens with two attached hydrogens (primary N) is 4. The van der Waals surface area contributed by atoms with Crippen molar-refractivity contribution in [1.29, 1.82) is 0 Å². The molecular formula is C14H27N9O7S. The Balaban J connectivity index is 2.92. The molecule has 0 saturated heterocycles. The highest BCUT2D eigenvalue weighted by molar-refractivity contribution is 7.87. The van der Waals surface area contributed by atoms with Gasteiger partial charge in [-0.15, -0.1) is 0 Å².